The molecule has 0 aliphatic heterocycles. The number of benzene rings is 1. The van der Waals surface area contributed by atoms with Crippen LogP contribution >= 0.6 is 0 Å². The van der Waals surface area contributed by atoms with Crippen LogP contribution < -0.4 is 4.46 Å². The fourth-order valence-electron chi connectivity index (χ4n) is 1.17. The molecule has 0 bridgehead atoms. The van der Waals surface area contributed by atoms with E-state index in [2.05, 4.69) is 48.9 Å². The summed E-state index contributed by atoms with van der Waals surface area (Å²) in [4.78, 5) is 0. The van der Waals surface area contributed by atoms with Crippen LogP contribution in [0.2, 0.25) is 0 Å². The van der Waals surface area contributed by atoms with Crippen molar-refractivity contribution in [2.24, 2.45) is 0 Å². The van der Waals surface area contributed by atoms with Crippen molar-refractivity contribution in [2.45, 2.75) is 20.8 Å². The first kappa shape index (κ1) is 7.84. The molecule has 0 heterocycles. The monoisotopic (exact) mass is 200 g/mol. The minimum atomic E-state index is 1.35. The first-order valence-electron chi connectivity index (χ1n) is 3.38. The van der Waals surface area contributed by atoms with E-state index >= 15 is 0 Å². The van der Waals surface area contributed by atoms with E-state index in [9.17, 15) is 0 Å². The maximum atomic E-state index is 2.62. The Bertz CT molecular complexity index is 228. The number of hydrogen-bond donors (Lipinski definition) is 0. The van der Waals surface area contributed by atoms with Crippen molar-refractivity contribution in [2.75, 3.05) is 0 Å². The average Bonchev–Trinajstić information content (AvgIpc) is 1.82. The molecule has 0 unspecified atom stereocenters. The van der Waals surface area contributed by atoms with E-state index in [1.165, 1.54) is 21.2 Å². The van der Waals surface area contributed by atoms with Gasteiger partial charge in [0.25, 0.3) is 0 Å². The normalized spacial score (nSPS) is 10.0. The van der Waals surface area contributed by atoms with Crippen molar-refractivity contribution in [3.05, 3.63) is 28.8 Å². The predicted octanol–water partition coefficient (Wildman–Crippen LogP) is 1.14. The third-order valence-corrected chi connectivity index (χ3v) is 3.12. The quantitative estimate of drug-likeness (QED) is 0.549. The summed E-state index contributed by atoms with van der Waals surface area (Å²) in [5, 5.41) is 0. The third-order valence-electron chi connectivity index (χ3n) is 1.64. The van der Waals surface area contributed by atoms with E-state index in [0.717, 1.165) is 0 Å². The second-order valence-corrected chi connectivity index (χ2v) is 3.69. The van der Waals surface area contributed by atoms with E-state index in [0.29, 0.717) is 0 Å². The molecule has 0 nitrogen and oxygen atoms in total. The maximum absolute atomic E-state index is 2.62. The molecule has 0 atom stereocenters. The Kier molecular flexibility index (Phi) is 2.17. The number of aryl methyl sites for hydroxylation is 3. The van der Waals surface area contributed by atoms with E-state index in [4.69, 9.17) is 0 Å². The molecule has 54 valence electrons. The van der Waals surface area contributed by atoms with Gasteiger partial charge in [-0.3, -0.25) is 0 Å². The van der Waals surface area contributed by atoms with Gasteiger partial charge in [0.05, 0.1) is 0 Å². The molecule has 10 heavy (non-hydrogen) atoms. The van der Waals surface area contributed by atoms with E-state index < -0.39 is 0 Å². The zero-order chi connectivity index (χ0) is 7.72. The van der Waals surface area contributed by atoms with Gasteiger partial charge in [0.2, 0.25) is 0 Å². The fourth-order valence-corrected chi connectivity index (χ4v) is 1.44. The van der Waals surface area contributed by atoms with Crippen LogP contribution in [0.3, 0.4) is 0 Å². The molecule has 0 saturated carbocycles. The van der Waals surface area contributed by atoms with Crippen molar-refractivity contribution in [1.29, 1.82) is 0 Å². The van der Waals surface area contributed by atoms with Gasteiger partial charge in [-0.1, -0.05) is 0 Å². The topological polar surface area (TPSA) is 0 Å². The van der Waals surface area contributed by atoms with Gasteiger partial charge in [-0.15, -0.1) is 0 Å². The molecule has 0 aromatic heterocycles. The Labute approximate surface area is 70.5 Å². The summed E-state index contributed by atoms with van der Waals surface area (Å²) in [5.41, 5.74) is 4.10. The van der Waals surface area contributed by atoms with Crippen molar-refractivity contribution >= 4 is 20.5 Å². The fraction of sp³-hybridized carbons (Fsp3) is 0.333. The van der Waals surface area contributed by atoms with Gasteiger partial charge in [0, 0.05) is 0 Å². The van der Waals surface area contributed by atoms with Crippen LogP contribution in [0.25, 0.3) is 0 Å². The van der Waals surface area contributed by atoms with E-state index in [1.807, 2.05) is 0 Å². The molecule has 1 rings (SSSR count). The summed E-state index contributed by atoms with van der Waals surface area (Å²) >= 11 is 2.62. The third kappa shape index (κ3) is 1.42. The second kappa shape index (κ2) is 2.77. The van der Waals surface area contributed by atoms with E-state index in [1.54, 1.807) is 0 Å². The van der Waals surface area contributed by atoms with Crippen LogP contribution in [0.4, 0.5) is 0 Å². The molecule has 0 N–H and O–H groups in total. The van der Waals surface area contributed by atoms with Crippen LogP contribution in [0.5, 0.6) is 0 Å². The predicted molar refractivity (Wildman–Crippen MR) is 47.4 cm³/mol. The molecule has 0 spiro atoms. The summed E-state index contributed by atoms with van der Waals surface area (Å²) in [6.07, 6.45) is 0. The Hall–Kier alpha value is -0.261. The van der Waals surface area contributed by atoms with E-state index in [-0.39, 0.29) is 0 Å². The van der Waals surface area contributed by atoms with Gasteiger partial charge >= 0.3 is 70.1 Å². The Morgan fingerprint density at radius 1 is 1.00 bits per heavy atom. The van der Waals surface area contributed by atoms with Gasteiger partial charge in [0.15, 0.2) is 0 Å². The van der Waals surface area contributed by atoms with Crippen LogP contribution in [0.15, 0.2) is 12.1 Å². The SMILES string of the molecule is Cc1cc(C)c([SeH])c(C)c1. The second-order valence-electron chi connectivity index (χ2n) is 2.75. The molecule has 0 saturated heterocycles. The molecule has 0 amide bonds. The molecular formula is C9H12Se. The summed E-state index contributed by atoms with van der Waals surface area (Å²) < 4.78 is 1.36. The van der Waals surface area contributed by atoms with Crippen molar-refractivity contribution in [3.63, 3.8) is 0 Å². The Morgan fingerprint density at radius 2 is 1.40 bits per heavy atom. The summed E-state index contributed by atoms with van der Waals surface area (Å²) in [6, 6.07) is 4.42. The van der Waals surface area contributed by atoms with Crippen LogP contribution in [0, 0.1) is 20.8 Å². The zero-order valence-electron chi connectivity index (χ0n) is 6.60. The summed E-state index contributed by atoms with van der Waals surface area (Å²) in [6.45, 7) is 6.42. The van der Waals surface area contributed by atoms with Crippen molar-refractivity contribution in [1.82, 2.24) is 0 Å². The number of rotatable bonds is 0. The van der Waals surface area contributed by atoms with Crippen LogP contribution in [0.1, 0.15) is 16.7 Å². The van der Waals surface area contributed by atoms with Crippen molar-refractivity contribution < 1.29 is 0 Å². The minimum absolute atomic E-state index is 1.35. The zero-order valence-corrected chi connectivity index (χ0v) is 8.48. The first-order chi connectivity index (χ1) is 4.61. The molecule has 0 aliphatic rings. The Morgan fingerprint density at radius 3 is 1.80 bits per heavy atom. The molecular weight excluding hydrogens is 187 g/mol. The standard InChI is InChI=1S/C9H12Se/c1-6-4-7(2)9(10)8(3)5-6/h4-5,10H,1-3H3. The van der Waals surface area contributed by atoms with Gasteiger partial charge in [0.1, 0.15) is 0 Å². The molecule has 0 radical (unpaired) electrons. The average molecular weight is 199 g/mol. The first-order valence-corrected chi connectivity index (χ1v) is 4.32. The van der Waals surface area contributed by atoms with Gasteiger partial charge in [-0.05, 0) is 0 Å². The van der Waals surface area contributed by atoms with Gasteiger partial charge < -0.3 is 0 Å². The Balaban J connectivity index is 3.31. The number of hydrogen-bond acceptors (Lipinski definition) is 0. The summed E-state index contributed by atoms with van der Waals surface area (Å²) in [5.74, 6) is 0. The summed E-state index contributed by atoms with van der Waals surface area (Å²) in [7, 11) is 0. The van der Waals surface area contributed by atoms with Crippen LogP contribution in [-0.4, -0.2) is 16.0 Å². The van der Waals surface area contributed by atoms with Crippen LogP contribution in [-0.2, 0) is 0 Å². The molecule has 1 aromatic rings. The van der Waals surface area contributed by atoms with Crippen molar-refractivity contribution in [3.8, 4) is 0 Å². The van der Waals surface area contributed by atoms with Gasteiger partial charge in [-0.2, -0.15) is 0 Å². The molecule has 0 fully saturated rings. The molecule has 1 aromatic carbocycles. The molecule has 0 aliphatic carbocycles. The molecule has 1 heteroatoms. The van der Waals surface area contributed by atoms with Gasteiger partial charge in [-0.25, -0.2) is 0 Å².